The smallest absolute Gasteiger partial charge is 0.191 e. The second-order valence-electron chi connectivity index (χ2n) is 8.64. The van der Waals surface area contributed by atoms with Crippen molar-refractivity contribution in [2.24, 2.45) is 10.4 Å². The summed E-state index contributed by atoms with van der Waals surface area (Å²) in [6.45, 7) is 10.2. The lowest BCUT2D eigenvalue weighted by Gasteiger charge is -2.30. The molecule has 1 aliphatic carbocycles. The first-order valence-electron chi connectivity index (χ1n) is 11.6. The zero-order valence-corrected chi connectivity index (χ0v) is 21.7. The minimum absolute atomic E-state index is 0. The van der Waals surface area contributed by atoms with E-state index >= 15 is 0 Å². The maximum atomic E-state index is 5.64. The van der Waals surface area contributed by atoms with E-state index in [1.54, 1.807) is 0 Å². The quantitative estimate of drug-likeness (QED) is 0.203. The van der Waals surface area contributed by atoms with Crippen LogP contribution < -0.4 is 10.6 Å². The number of benzene rings is 1. The highest BCUT2D eigenvalue weighted by Gasteiger charge is 2.33. The van der Waals surface area contributed by atoms with E-state index in [9.17, 15) is 0 Å². The molecule has 1 aromatic carbocycles. The van der Waals surface area contributed by atoms with Gasteiger partial charge in [0.2, 0.25) is 0 Å². The van der Waals surface area contributed by atoms with E-state index < -0.39 is 0 Å². The van der Waals surface area contributed by atoms with Gasteiger partial charge in [-0.2, -0.15) is 0 Å². The Labute approximate surface area is 205 Å². The molecule has 0 radical (unpaired) electrons. The number of ether oxygens (including phenoxy) is 2. The predicted octanol–water partition coefficient (Wildman–Crippen LogP) is 3.79. The largest absolute Gasteiger partial charge is 0.382 e. The Hall–Kier alpha value is -0.900. The minimum Gasteiger partial charge on any atom is -0.382 e. The van der Waals surface area contributed by atoms with Crippen LogP contribution in [0.4, 0.5) is 0 Å². The average molecular weight is 545 g/mol. The van der Waals surface area contributed by atoms with Gasteiger partial charge in [-0.25, -0.2) is 0 Å². The van der Waals surface area contributed by atoms with E-state index in [1.807, 2.05) is 7.05 Å². The zero-order valence-electron chi connectivity index (χ0n) is 19.3. The molecule has 0 spiro atoms. The summed E-state index contributed by atoms with van der Waals surface area (Å²) < 4.78 is 11.1. The van der Waals surface area contributed by atoms with E-state index in [4.69, 9.17) is 9.47 Å². The summed E-state index contributed by atoms with van der Waals surface area (Å²) in [5, 5.41) is 7.09. The molecule has 176 valence electrons. The average Bonchev–Trinajstić information content (AvgIpc) is 3.24. The lowest BCUT2D eigenvalue weighted by molar-refractivity contribution is 0.0342. The third kappa shape index (κ3) is 8.86. The molecule has 0 unspecified atom stereocenters. The third-order valence-corrected chi connectivity index (χ3v) is 6.46. The van der Waals surface area contributed by atoms with Crippen molar-refractivity contribution in [3.63, 3.8) is 0 Å². The first-order valence-corrected chi connectivity index (χ1v) is 11.6. The second kappa shape index (κ2) is 14.3. The number of halogens is 1. The topological polar surface area (TPSA) is 58.1 Å². The standard InChI is InChI=1S/C24H40N4O2.HI/c1-3-29-14-11-24(9-4-5-10-24)20-27-23(25-2)26-18-21-7-6-8-22(17-21)19-28-12-15-30-16-13-28;/h6-8,17H,3-5,9-16,18-20H2,1-2H3,(H2,25,26,27);1H. The molecule has 0 atom stereocenters. The van der Waals surface area contributed by atoms with Gasteiger partial charge in [-0.15, -0.1) is 24.0 Å². The highest BCUT2D eigenvalue weighted by atomic mass is 127. The number of hydrogen-bond acceptors (Lipinski definition) is 4. The van der Waals surface area contributed by atoms with Gasteiger partial charge < -0.3 is 20.1 Å². The highest BCUT2D eigenvalue weighted by molar-refractivity contribution is 14.0. The SMILES string of the molecule is CCOCCC1(CNC(=NC)NCc2cccc(CN3CCOCC3)c2)CCCC1.I. The molecule has 1 saturated carbocycles. The predicted molar refractivity (Wildman–Crippen MR) is 138 cm³/mol. The van der Waals surface area contributed by atoms with Gasteiger partial charge in [-0.1, -0.05) is 37.1 Å². The molecule has 3 rings (SSSR count). The molecule has 7 heteroatoms. The van der Waals surface area contributed by atoms with Crippen molar-refractivity contribution in [2.45, 2.75) is 52.1 Å². The van der Waals surface area contributed by atoms with Gasteiger partial charge in [0, 0.05) is 53.0 Å². The molecule has 2 aliphatic rings. The van der Waals surface area contributed by atoms with Gasteiger partial charge in [-0.05, 0) is 42.7 Å². The van der Waals surface area contributed by atoms with E-state index in [-0.39, 0.29) is 24.0 Å². The molecular formula is C24H41IN4O2. The number of aliphatic imine (C=N–C) groups is 1. The molecule has 1 aromatic rings. The van der Waals surface area contributed by atoms with Gasteiger partial charge in [-0.3, -0.25) is 9.89 Å². The van der Waals surface area contributed by atoms with Crippen molar-refractivity contribution in [1.82, 2.24) is 15.5 Å². The fourth-order valence-electron chi connectivity index (χ4n) is 4.61. The Morgan fingerprint density at radius 3 is 2.61 bits per heavy atom. The Morgan fingerprint density at radius 1 is 1.16 bits per heavy atom. The molecular weight excluding hydrogens is 503 g/mol. The van der Waals surface area contributed by atoms with Crippen molar-refractivity contribution < 1.29 is 9.47 Å². The number of rotatable bonds is 10. The number of nitrogens with one attached hydrogen (secondary N) is 2. The van der Waals surface area contributed by atoms with Gasteiger partial charge in [0.15, 0.2) is 5.96 Å². The van der Waals surface area contributed by atoms with Crippen molar-refractivity contribution in [2.75, 3.05) is 53.1 Å². The fourth-order valence-corrected chi connectivity index (χ4v) is 4.61. The molecule has 2 N–H and O–H groups in total. The summed E-state index contributed by atoms with van der Waals surface area (Å²) in [5.41, 5.74) is 3.00. The van der Waals surface area contributed by atoms with Crippen LogP contribution in [0.1, 0.15) is 50.2 Å². The van der Waals surface area contributed by atoms with Gasteiger partial charge >= 0.3 is 0 Å². The maximum Gasteiger partial charge on any atom is 0.191 e. The van der Waals surface area contributed by atoms with Crippen LogP contribution in [0.3, 0.4) is 0 Å². The second-order valence-corrected chi connectivity index (χ2v) is 8.64. The van der Waals surface area contributed by atoms with Crippen LogP contribution in [0.15, 0.2) is 29.3 Å². The summed E-state index contributed by atoms with van der Waals surface area (Å²) >= 11 is 0. The summed E-state index contributed by atoms with van der Waals surface area (Å²) in [4.78, 5) is 6.91. The van der Waals surface area contributed by atoms with Crippen molar-refractivity contribution in [3.8, 4) is 0 Å². The lowest BCUT2D eigenvalue weighted by Crippen LogP contribution is -2.43. The zero-order chi connectivity index (χ0) is 21.1. The Balaban J connectivity index is 0.00000341. The van der Waals surface area contributed by atoms with Crippen molar-refractivity contribution in [3.05, 3.63) is 35.4 Å². The number of morpholine rings is 1. The molecule has 31 heavy (non-hydrogen) atoms. The number of nitrogens with zero attached hydrogens (tertiary/aromatic N) is 2. The Morgan fingerprint density at radius 2 is 1.90 bits per heavy atom. The summed E-state index contributed by atoms with van der Waals surface area (Å²) in [7, 11) is 1.85. The molecule has 1 saturated heterocycles. The van der Waals surface area contributed by atoms with E-state index in [1.165, 1.54) is 36.8 Å². The van der Waals surface area contributed by atoms with Gasteiger partial charge in [0.05, 0.1) is 13.2 Å². The van der Waals surface area contributed by atoms with Crippen molar-refractivity contribution in [1.29, 1.82) is 0 Å². The Kier molecular flexibility index (Phi) is 12.1. The van der Waals surface area contributed by atoms with E-state index in [0.717, 1.165) is 71.5 Å². The lowest BCUT2D eigenvalue weighted by atomic mass is 9.83. The van der Waals surface area contributed by atoms with E-state index in [0.29, 0.717) is 5.41 Å². The van der Waals surface area contributed by atoms with Gasteiger partial charge in [0.1, 0.15) is 0 Å². The molecule has 0 bridgehead atoms. The summed E-state index contributed by atoms with van der Waals surface area (Å²) in [5.74, 6) is 0.885. The van der Waals surface area contributed by atoms with Gasteiger partial charge in [0.25, 0.3) is 0 Å². The highest BCUT2D eigenvalue weighted by Crippen LogP contribution is 2.40. The van der Waals surface area contributed by atoms with Crippen LogP contribution in [0.25, 0.3) is 0 Å². The number of guanidine groups is 1. The van der Waals surface area contributed by atoms with Crippen LogP contribution in [0.2, 0.25) is 0 Å². The number of hydrogen-bond donors (Lipinski definition) is 2. The van der Waals surface area contributed by atoms with Crippen LogP contribution in [0, 0.1) is 5.41 Å². The molecule has 0 amide bonds. The van der Waals surface area contributed by atoms with E-state index in [2.05, 4.69) is 51.7 Å². The molecule has 1 heterocycles. The third-order valence-electron chi connectivity index (χ3n) is 6.46. The molecule has 2 fully saturated rings. The normalized spacial score (nSPS) is 19.1. The maximum absolute atomic E-state index is 5.64. The first kappa shape index (κ1) is 26.4. The van der Waals surface area contributed by atoms with Crippen molar-refractivity contribution >= 4 is 29.9 Å². The Bertz CT molecular complexity index is 659. The summed E-state index contributed by atoms with van der Waals surface area (Å²) in [6, 6.07) is 8.86. The first-order chi connectivity index (χ1) is 14.7. The molecule has 6 nitrogen and oxygen atoms in total. The molecule has 1 aliphatic heterocycles. The van der Waals surface area contributed by atoms with Crippen LogP contribution in [-0.2, 0) is 22.6 Å². The minimum atomic E-state index is 0. The van der Waals surface area contributed by atoms with Crippen LogP contribution in [-0.4, -0.2) is 64.0 Å². The van der Waals surface area contributed by atoms with Crippen LogP contribution >= 0.6 is 24.0 Å². The monoisotopic (exact) mass is 544 g/mol. The van der Waals surface area contributed by atoms with Crippen LogP contribution in [0.5, 0.6) is 0 Å². The molecule has 0 aromatic heterocycles. The summed E-state index contributed by atoms with van der Waals surface area (Å²) in [6.07, 6.45) is 6.36. The fraction of sp³-hybridized carbons (Fsp3) is 0.708.